The summed E-state index contributed by atoms with van der Waals surface area (Å²) in [6.45, 7) is 0.0158. The quantitative estimate of drug-likeness (QED) is 0.644. The molecule has 0 aliphatic carbocycles. The Bertz CT molecular complexity index is 974. The van der Waals surface area contributed by atoms with E-state index in [9.17, 15) is 31.2 Å². The van der Waals surface area contributed by atoms with Crippen molar-refractivity contribution in [3.05, 3.63) is 59.7 Å². The van der Waals surface area contributed by atoms with Crippen LogP contribution in [0.3, 0.4) is 0 Å². The molecule has 0 aromatic heterocycles. The van der Waals surface area contributed by atoms with Crippen LogP contribution < -0.4 is 15.8 Å². The van der Waals surface area contributed by atoms with Gasteiger partial charge in [-0.15, -0.1) is 0 Å². The van der Waals surface area contributed by atoms with Crippen LogP contribution in [0.2, 0.25) is 0 Å². The van der Waals surface area contributed by atoms with Crippen molar-refractivity contribution in [2.45, 2.75) is 17.5 Å². The van der Waals surface area contributed by atoms with E-state index in [2.05, 4.69) is 5.32 Å². The molecule has 7 nitrogen and oxygen atoms in total. The molecule has 28 heavy (non-hydrogen) atoms. The van der Waals surface area contributed by atoms with Crippen LogP contribution in [0, 0.1) is 0 Å². The second-order valence-electron chi connectivity index (χ2n) is 5.69. The van der Waals surface area contributed by atoms with Gasteiger partial charge in [0.2, 0.25) is 10.0 Å². The van der Waals surface area contributed by atoms with E-state index >= 15 is 0 Å². The van der Waals surface area contributed by atoms with Gasteiger partial charge in [0.1, 0.15) is 0 Å². The molecule has 0 fully saturated rings. The fraction of sp³-hybridized carbons (Fsp3) is 0.176. The molecule has 2 aromatic carbocycles. The topological polar surface area (TPSA) is 118 Å². The van der Waals surface area contributed by atoms with E-state index in [4.69, 9.17) is 5.14 Å². The molecule has 0 atom stereocenters. The van der Waals surface area contributed by atoms with Gasteiger partial charge < -0.3 is 10.6 Å². The maximum atomic E-state index is 12.9. The smallest absolute Gasteiger partial charge is 0.347 e. The van der Waals surface area contributed by atoms with Crippen LogP contribution in [0.4, 0.5) is 18.9 Å². The molecule has 0 saturated heterocycles. The molecule has 0 heterocycles. The van der Waals surface area contributed by atoms with Crippen LogP contribution in [-0.4, -0.2) is 26.8 Å². The lowest BCUT2D eigenvalue weighted by Gasteiger charge is -2.13. The highest BCUT2D eigenvalue weighted by Gasteiger charge is 2.34. The SMILES string of the molecule is NS(=O)(=O)c1ccc(CCNC(=O)C(=O)Nc2ccccc2C(F)(F)F)cc1. The number of carbonyl (C=O) groups is 2. The standard InChI is InChI=1S/C17H16F3N3O4S/c18-17(19,20)13-3-1-2-4-14(13)23-16(25)15(24)22-10-9-11-5-7-12(8-6-11)28(21,26)27/h1-8H,9-10H2,(H,22,24)(H,23,25)(H2,21,26,27). The number of amides is 2. The number of sulfonamides is 1. The number of anilines is 1. The number of hydrogen-bond acceptors (Lipinski definition) is 4. The summed E-state index contributed by atoms with van der Waals surface area (Å²) in [4.78, 5) is 23.5. The molecular weight excluding hydrogens is 399 g/mol. The Morgan fingerprint density at radius 3 is 2.14 bits per heavy atom. The van der Waals surface area contributed by atoms with E-state index in [-0.39, 0.29) is 17.9 Å². The Labute approximate surface area is 158 Å². The number of rotatable bonds is 5. The highest BCUT2D eigenvalue weighted by Crippen LogP contribution is 2.34. The summed E-state index contributed by atoms with van der Waals surface area (Å²) in [5, 5.41) is 9.20. The van der Waals surface area contributed by atoms with Gasteiger partial charge in [-0.2, -0.15) is 13.2 Å². The summed E-state index contributed by atoms with van der Waals surface area (Å²) >= 11 is 0. The lowest BCUT2D eigenvalue weighted by molar-refractivity contribution is -0.138. The zero-order valence-corrected chi connectivity index (χ0v) is 15.1. The van der Waals surface area contributed by atoms with Gasteiger partial charge in [-0.3, -0.25) is 9.59 Å². The molecule has 11 heteroatoms. The van der Waals surface area contributed by atoms with Crippen molar-refractivity contribution in [3.8, 4) is 0 Å². The molecular formula is C17H16F3N3O4S. The number of nitrogens with one attached hydrogen (secondary N) is 2. The monoisotopic (exact) mass is 415 g/mol. The summed E-state index contributed by atoms with van der Waals surface area (Å²) in [7, 11) is -3.81. The van der Waals surface area contributed by atoms with E-state index in [0.29, 0.717) is 5.56 Å². The van der Waals surface area contributed by atoms with Crippen molar-refractivity contribution in [1.82, 2.24) is 5.32 Å². The number of primary sulfonamides is 1. The number of nitrogens with two attached hydrogens (primary N) is 1. The maximum Gasteiger partial charge on any atom is 0.418 e. The van der Waals surface area contributed by atoms with Gasteiger partial charge in [0.25, 0.3) is 0 Å². The minimum atomic E-state index is -4.68. The van der Waals surface area contributed by atoms with E-state index in [1.54, 1.807) is 0 Å². The second-order valence-corrected chi connectivity index (χ2v) is 7.25. The van der Waals surface area contributed by atoms with Crippen LogP contribution in [0.5, 0.6) is 0 Å². The third kappa shape index (κ3) is 5.79. The van der Waals surface area contributed by atoms with Crippen LogP contribution in [0.25, 0.3) is 0 Å². The van der Waals surface area contributed by atoms with E-state index in [0.717, 1.165) is 12.1 Å². The largest absolute Gasteiger partial charge is 0.418 e. The average Bonchev–Trinajstić information content (AvgIpc) is 2.61. The minimum Gasteiger partial charge on any atom is -0.347 e. The first-order valence-corrected chi connectivity index (χ1v) is 9.40. The highest BCUT2D eigenvalue weighted by atomic mass is 32.2. The molecule has 2 rings (SSSR count). The van der Waals surface area contributed by atoms with Crippen molar-refractivity contribution in [3.63, 3.8) is 0 Å². The van der Waals surface area contributed by atoms with Gasteiger partial charge >= 0.3 is 18.0 Å². The summed E-state index contributed by atoms with van der Waals surface area (Å²) in [5.41, 5.74) is -0.921. The number of alkyl halides is 3. The Balaban J connectivity index is 1.91. The summed E-state index contributed by atoms with van der Waals surface area (Å²) in [6.07, 6.45) is -4.41. The zero-order chi connectivity index (χ0) is 20.9. The van der Waals surface area contributed by atoms with Gasteiger partial charge in [0.05, 0.1) is 16.1 Å². The van der Waals surface area contributed by atoms with Crippen LogP contribution >= 0.6 is 0 Å². The Hall–Kier alpha value is -2.92. The molecule has 0 spiro atoms. The number of para-hydroxylation sites is 1. The van der Waals surface area contributed by atoms with Crippen LogP contribution in [0.15, 0.2) is 53.4 Å². The first-order valence-electron chi connectivity index (χ1n) is 7.85. The molecule has 0 saturated carbocycles. The van der Waals surface area contributed by atoms with Gasteiger partial charge in [-0.05, 0) is 36.2 Å². The van der Waals surface area contributed by atoms with Crippen molar-refractivity contribution in [1.29, 1.82) is 0 Å². The molecule has 0 aliphatic heterocycles. The lowest BCUT2D eigenvalue weighted by atomic mass is 10.1. The van der Waals surface area contributed by atoms with Gasteiger partial charge in [-0.1, -0.05) is 24.3 Å². The zero-order valence-electron chi connectivity index (χ0n) is 14.3. The van der Waals surface area contributed by atoms with Crippen LogP contribution in [0.1, 0.15) is 11.1 Å². The van der Waals surface area contributed by atoms with Gasteiger partial charge in [0.15, 0.2) is 0 Å². The van der Waals surface area contributed by atoms with Gasteiger partial charge in [-0.25, -0.2) is 13.6 Å². The van der Waals surface area contributed by atoms with Crippen molar-refractivity contribution >= 4 is 27.5 Å². The van der Waals surface area contributed by atoms with Gasteiger partial charge in [0, 0.05) is 6.54 Å². The van der Waals surface area contributed by atoms with Crippen LogP contribution in [-0.2, 0) is 32.2 Å². The average molecular weight is 415 g/mol. The highest BCUT2D eigenvalue weighted by molar-refractivity contribution is 7.89. The molecule has 150 valence electrons. The van der Waals surface area contributed by atoms with Crippen molar-refractivity contribution < 1.29 is 31.2 Å². The predicted octanol–water partition coefficient (Wildman–Crippen LogP) is 1.65. The third-order valence-electron chi connectivity index (χ3n) is 3.64. The summed E-state index contributed by atoms with van der Waals surface area (Å²) in [6, 6.07) is 9.88. The number of hydrogen-bond donors (Lipinski definition) is 3. The number of carbonyl (C=O) groups excluding carboxylic acids is 2. The second kappa shape index (κ2) is 8.40. The fourth-order valence-electron chi connectivity index (χ4n) is 2.26. The number of benzene rings is 2. The molecule has 2 amide bonds. The summed E-state index contributed by atoms with van der Waals surface area (Å²) < 4.78 is 61.0. The molecule has 4 N–H and O–H groups in total. The minimum absolute atomic E-state index is 0.0158. The van der Waals surface area contributed by atoms with Crippen molar-refractivity contribution in [2.75, 3.05) is 11.9 Å². The Morgan fingerprint density at radius 2 is 1.57 bits per heavy atom. The third-order valence-corrected chi connectivity index (χ3v) is 4.57. The molecule has 2 aromatic rings. The van der Waals surface area contributed by atoms with E-state index in [1.807, 2.05) is 5.32 Å². The fourth-order valence-corrected chi connectivity index (χ4v) is 2.78. The first kappa shape index (κ1) is 21.4. The number of halogens is 3. The maximum absolute atomic E-state index is 12.9. The Kier molecular flexibility index (Phi) is 6.41. The molecule has 0 unspecified atom stereocenters. The molecule has 0 aliphatic rings. The Morgan fingerprint density at radius 1 is 0.964 bits per heavy atom. The summed E-state index contributed by atoms with van der Waals surface area (Å²) in [5.74, 6) is -2.33. The molecule has 0 bridgehead atoms. The normalized spacial score (nSPS) is 11.7. The first-order chi connectivity index (χ1) is 13.0. The van der Waals surface area contributed by atoms with E-state index in [1.165, 1.54) is 36.4 Å². The lowest BCUT2D eigenvalue weighted by Crippen LogP contribution is -2.36. The predicted molar refractivity (Wildman–Crippen MR) is 94.6 cm³/mol. The molecule has 0 radical (unpaired) electrons. The van der Waals surface area contributed by atoms with Crippen molar-refractivity contribution in [2.24, 2.45) is 5.14 Å². The van der Waals surface area contributed by atoms with E-state index < -0.39 is 39.3 Å².